The van der Waals surface area contributed by atoms with E-state index >= 15 is 0 Å². The van der Waals surface area contributed by atoms with Gasteiger partial charge in [-0.2, -0.15) is 0 Å². The van der Waals surface area contributed by atoms with Gasteiger partial charge >= 0.3 is 0 Å². The van der Waals surface area contributed by atoms with Gasteiger partial charge in [-0.25, -0.2) is 0 Å². The first-order valence-corrected chi connectivity index (χ1v) is 15.0. The summed E-state index contributed by atoms with van der Waals surface area (Å²) in [7, 11) is 0. The fourth-order valence-corrected chi connectivity index (χ4v) is 6.63. The number of hydrogen-bond acceptors (Lipinski definition) is 3. The summed E-state index contributed by atoms with van der Waals surface area (Å²) < 4.78 is 0. The van der Waals surface area contributed by atoms with Crippen LogP contribution in [0.2, 0.25) is 10.0 Å². The summed E-state index contributed by atoms with van der Waals surface area (Å²) in [6.07, 6.45) is 6.24. The van der Waals surface area contributed by atoms with Crippen molar-refractivity contribution in [3.05, 3.63) is 106 Å². The topological polar surface area (TPSA) is 26.7 Å². The van der Waals surface area contributed by atoms with E-state index in [4.69, 9.17) is 23.2 Å². The Morgan fingerprint density at radius 3 is 1.90 bits per heavy atom. The molecule has 0 spiro atoms. The molecular formula is C33H41Cl3N2O. The molecule has 0 aromatic heterocycles. The highest BCUT2D eigenvalue weighted by Gasteiger charge is 2.34. The molecule has 0 radical (unpaired) electrons. The van der Waals surface area contributed by atoms with Crippen LogP contribution in [-0.4, -0.2) is 54.2 Å². The van der Waals surface area contributed by atoms with Crippen molar-refractivity contribution in [3.8, 4) is 0 Å². The number of benzene rings is 3. The lowest BCUT2D eigenvalue weighted by molar-refractivity contribution is -0.0263. The van der Waals surface area contributed by atoms with E-state index < -0.39 is 5.60 Å². The highest BCUT2D eigenvalue weighted by Crippen LogP contribution is 2.35. The summed E-state index contributed by atoms with van der Waals surface area (Å²) in [6.45, 7) is 6.32. The van der Waals surface area contributed by atoms with Gasteiger partial charge in [-0.05, 0) is 105 Å². The lowest BCUT2D eigenvalue weighted by atomic mass is 9.84. The molecule has 3 nitrogen and oxygen atoms in total. The van der Waals surface area contributed by atoms with Crippen molar-refractivity contribution >= 4 is 35.6 Å². The van der Waals surface area contributed by atoms with Gasteiger partial charge < -0.3 is 14.9 Å². The van der Waals surface area contributed by atoms with Crippen LogP contribution < -0.4 is 0 Å². The monoisotopic (exact) mass is 586 g/mol. The van der Waals surface area contributed by atoms with E-state index in [0.29, 0.717) is 21.9 Å². The SMILES string of the molecule is Cl.OC1(c2ccccc2)CCN(CCC(CCN2CCC(c3ccccc3)CC2)c2ccc(Cl)c(Cl)c2)CC1. The predicted molar refractivity (Wildman–Crippen MR) is 167 cm³/mol. The second-order valence-corrected chi connectivity index (χ2v) is 12.0. The quantitative estimate of drug-likeness (QED) is 0.274. The number of hydrogen-bond donors (Lipinski definition) is 1. The van der Waals surface area contributed by atoms with Gasteiger partial charge in [0.2, 0.25) is 0 Å². The van der Waals surface area contributed by atoms with Crippen molar-refractivity contribution in [2.75, 3.05) is 39.3 Å². The third-order valence-electron chi connectivity index (χ3n) is 8.86. The lowest BCUT2D eigenvalue weighted by Crippen LogP contribution is -2.43. The van der Waals surface area contributed by atoms with Crippen molar-refractivity contribution in [2.24, 2.45) is 0 Å². The maximum absolute atomic E-state index is 11.2. The number of piperidine rings is 2. The van der Waals surface area contributed by atoms with E-state index in [9.17, 15) is 5.11 Å². The first kappa shape index (κ1) is 30.4. The molecule has 2 heterocycles. The van der Waals surface area contributed by atoms with Crippen molar-refractivity contribution in [3.63, 3.8) is 0 Å². The second-order valence-electron chi connectivity index (χ2n) is 11.2. The number of likely N-dealkylation sites (tertiary alicyclic amines) is 2. The fraction of sp³-hybridized carbons (Fsp3) is 0.455. The zero-order chi connectivity index (χ0) is 26.4. The molecule has 5 rings (SSSR count). The highest BCUT2D eigenvalue weighted by atomic mass is 35.5. The van der Waals surface area contributed by atoms with E-state index in [1.807, 2.05) is 24.3 Å². The summed E-state index contributed by atoms with van der Waals surface area (Å²) in [6, 6.07) is 27.3. The van der Waals surface area contributed by atoms with Gasteiger partial charge in [-0.15, -0.1) is 12.4 Å². The van der Waals surface area contributed by atoms with Crippen LogP contribution in [0.1, 0.15) is 67.1 Å². The highest BCUT2D eigenvalue weighted by molar-refractivity contribution is 6.42. The molecule has 2 aliphatic heterocycles. The molecule has 2 fully saturated rings. The van der Waals surface area contributed by atoms with Gasteiger partial charge in [-0.3, -0.25) is 0 Å². The zero-order valence-corrected chi connectivity index (χ0v) is 25.0. The van der Waals surface area contributed by atoms with E-state index in [1.54, 1.807) is 0 Å². The molecule has 210 valence electrons. The fourth-order valence-electron chi connectivity index (χ4n) is 6.32. The molecule has 0 saturated carbocycles. The Hall–Kier alpha value is -1.59. The number of rotatable bonds is 9. The molecule has 3 aromatic carbocycles. The Kier molecular flexibility index (Phi) is 11.2. The smallest absolute Gasteiger partial charge is 0.0920 e. The van der Waals surface area contributed by atoms with Gasteiger partial charge in [-0.1, -0.05) is 89.9 Å². The standard InChI is InChI=1S/C33H40Cl2N2O.ClH/c34-31-12-11-29(25-32(31)35)28(15-21-36-19-13-27(14-20-36)26-7-3-1-4-8-26)16-22-37-23-17-33(38,18-24-37)30-9-5-2-6-10-30;/h1-12,25,27-28,38H,13-24H2;1H. The van der Waals surface area contributed by atoms with E-state index in [1.165, 1.54) is 24.0 Å². The van der Waals surface area contributed by atoms with E-state index in [2.05, 4.69) is 64.4 Å². The molecule has 0 bridgehead atoms. The third kappa shape index (κ3) is 8.00. The minimum Gasteiger partial charge on any atom is -0.385 e. The van der Waals surface area contributed by atoms with E-state index in [-0.39, 0.29) is 12.4 Å². The Bertz CT molecular complexity index is 1140. The van der Waals surface area contributed by atoms with Crippen LogP contribution in [0.25, 0.3) is 0 Å². The van der Waals surface area contributed by atoms with Crippen molar-refractivity contribution in [1.82, 2.24) is 9.80 Å². The van der Waals surface area contributed by atoms with E-state index in [0.717, 1.165) is 70.5 Å². The number of halogens is 3. The molecule has 39 heavy (non-hydrogen) atoms. The minimum atomic E-state index is -0.702. The largest absolute Gasteiger partial charge is 0.385 e. The average Bonchev–Trinajstić information content (AvgIpc) is 2.97. The molecule has 1 unspecified atom stereocenters. The first-order chi connectivity index (χ1) is 18.5. The Morgan fingerprint density at radius 1 is 0.744 bits per heavy atom. The van der Waals surface area contributed by atoms with Crippen LogP contribution in [0.15, 0.2) is 78.9 Å². The normalized spacial score (nSPS) is 19.4. The minimum absolute atomic E-state index is 0. The summed E-state index contributed by atoms with van der Waals surface area (Å²) in [4.78, 5) is 5.16. The summed E-state index contributed by atoms with van der Waals surface area (Å²) in [5.74, 6) is 1.12. The number of aliphatic hydroxyl groups is 1. The van der Waals surface area contributed by atoms with Gasteiger partial charge in [0.25, 0.3) is 0 Å². The van der Waals surface area contributed by atoms with Crippen LogP contribution in [-0.2, 0) is 5.60 Å². The molecule has 2 aliphatic rings. The predicted octanol–water partition coefficient (Wildman–Crippen LogP) is 8.14. The number of nitrogens with zero attached hydrogens (tertiary/aromatic N) is 2. The maximum atomic E-state index is 11.2. The summed E-state index contributed by atoms with van der Waals surface area (Å²) in [5, 5.41) is 12.5. The Balaban J connectivity index is 0.00000353. The van der Waals surface area contributed by atoms with Gasteiger partial charge in [0, 0.05) is 13.1 Å². The lowest BCUT2D eigenvalue weighted by Gasteiger charge is -2.39. The molecule has 3 aromatic rings. The van der Waals surface area contributed by atoms with Crippen LogP contribution >= 0.6 is 35.6 Å². The molecule has 0 amide bonds. The maximum Gasteiger partial charge on any atom is 0.0920 e. The van der Waals surface area contributed by atoms with Crippen LogP contribution in [0.4, 0.5) is 0 Å². The zero-order valence-electron chi connectivity index (χ0n) is 22.7. The van der Waals surface area contributed by atoms with Crippen molar-refractivity contribution < 1.29 is 5.11 Å². The van der Waals surface area contributed by atoms with Gasteiger partial charge in [0.1, 0.15) is 0 Å². The Labute approximate surface area is 250 Å². The molecule has 6 heteroatoms. The van der Waals surface area contributed by atoms with Gasteiger partial charge in [0.05, 0.1) is 15.6 Å². The molecular weight excluding hydrogens is 547 g/mol. The molecule has 1 N–H and O–H groups in total. The third-order valence-corrected chi connectivity index (χ3v) is 9.59. The van der Waals surface area contributed by atoms with Gasteiger partial charge in [0.15, 0.2) is 0 Å². The van der Waals surface area contributed by atoms with Crippen molar-refractivity contribution in [1.29, 1.82) is 0 Å². The van der Waals surface area contributed by atoms with Crippen molar-refractivity contribution in [2.45, 2.75) is 56.0 Å². The molecule has 2 saturated heterocycles. The Morgan fingerprint density at radius 2 is 1.31 bits per heavy atom. The average molecular weight is 588 g/mol. The van der Waals surface area contributed by atoms with Crippen LogP contribution in [0, 0.1) is 0 Å². The van der Waals surface area contributed by atoms with Crippen LogP contribution in [0.5, 0.6) is 0 Å². The van der Waals surface area contributed by atoms with Crippen LogP contribution in [0.3, 0.4) is 0 Å². The summed E-state index contributed by atoms with van der Waals surface area (Å²) in [5.41, 5.74) is 3.12. The first-order valence-electron chi connectivity index (χ1n) is 14.2. The molecule has 1 atom stereocenters. The summed E-state index contributed by atoms with van der Waals surface area (Å²) >= 11 is 12.7. The second kappa shape index (κ2) is 14.3. The molecule has 0 aliphatic carbocycles.